The lowest BCUT2D eigenvalue weighted by atomic mass is 9.61. The van der Waals surface area contributed by atoms with Crippen LogP contribution in [0.5, 0.6) is 0 Å². The lowest BCUT2D eigenvalue weighted by Crippen LogP contribution is -2.56. The topological polar surface area (TPSA) is 51.8 Å². The maximum absolute atomic E-state index is 5.99. The Morgan fingerprint density at radius 2 is 0.571 bits per heavy atom. The largest absolute Gasteiger partial charge is 0.381 e. The van der Waals surface area contributed by atoms with Crippen LogP contribution in [-0.2, 0) is 14.2 Å². The van der Waals surface area contributed by atoms with E-state index in [4.69, 9.17) is 14.2 Å². The van der Waals surface area contributed by atoms with Crippen molar-refractivity contribution in [1.82, 2.24) is 10.6 Å². The molecule has 0 amide bonds. The highest BCUT2D eigenvalue weighted by molar-refractivity contribution is 7.99. The third-order valence-corrected chi connectivity index (χ3v) is 31.6. The molecule has 0 spiro atoms. The summed E-state index contributed by atoms with van der Waals surface area (Å²) in [7, 11) is 0. The first-order chi connectivity index (χ1) is 52.8. The molecule has 0 bridgehead atoms. The first-order valence-electron chi connectivity index (χ1n) is 50.2. The summed E-state index contributed by atoms with van der Waals surface area (Å²) in [5.74, 6) is 18.2. The van der Waals surface area contributed by atoms with Gasteiger partial charge in [-0.1, -0.05) is 358 Å². The molecule has 7 aliphatic heterocycles. The number of hydrogen-bond donors (Lipinski definition) is 2. The van der Waals surface area contributed by atoms with Gasteiger partial charge in [0, 0.05) is 38.5 Å². The summed E-state index contributed by atoms with van der Waals surface area (Å²) in [4.78, 5) is 0. The van der Waals surface area contributed by atoms with E-state index in [1.165, 1.54) is 177 Å². The van der Waals surface area contributed by atoms with E-state index >= 15 is 0 Å². The molecule has 5 nitrogen and oxygen atoms in total. The third kappa shape index (κ3) is 42.5. The summed E-state index contributed by atoms with van der Waals surface area (Å²) >= 11 is 4.29. The summed E-state index contributed by atoms with van der Waals surface area (Å²) in [6.07, 6.45) is 29.0. The van der Waals surface area contributed by atoms with Crippen molar-refractivity contribution in [3.8, 4) is 0 Å². The van der Waals surface area contributed by atoms with Crippen molar-refractivity contribution in [2.45, 2.75) is 478 Å². The molecule has 0 atom stereocenters. The Labute approximate surface area is 724 Å². The van der Waals surface area contributed by atoms with Crippen molar-refractivity contribution in [2.75, 3.05) is 75.7 Å². The second-order valence-corrected chi connectivity index (χ2v) is 40.3. The van der Waals surface area contributed by atoms with E-state index in [2.05, 4.69) is 256 Å². The molecule has 8 fully saturated rings. The molecule has 8 aliphatic rings. The molecule has 0 aromatic rings. The Morgan fingerprint density at radius 3 is 0.786 bits per heavy atom. The fourth-order valence-electron chi connectivity index (χ4n) is 20.6. The van der Waals surface area contributed by atoms with Crippen LogP contribution >= 0.6 is 23.5 Å². The van der Waals surface area contributed by atoms with Crippen LogP contribution in [0.2, 0.25) is 0 Å². The van der Waals surface area contributed by atoms with Crippen LogP contribution in [-0.4, -0.2) is 86.8 Å². The molecule has 2 N–H and O–H groups in total. The van der Waals surface area contributed by atoms with Gasteiger partial charge in [0.15, 0.2) is 0 Å². The minimum Gasteiger partial charge on any atom is -0.381 e. The Balaban J connectivity index is -0.000000179. The van der Waals surface area contributed by atoms with Gasteiger partial charge in [-0.05, 0) is 272 Å². The monoisotopic (exact) mass is 1630 g/mol. The summed E-state index contributed by atoms with van der Waals surface area (Å²) in [6, 6.07) is 0. The van der Waals surface area contributed by atoms with E-state index in [-0.39, 0.29) is 5.60 Å². The number of thioether (sulfide) groups is 2. The second kappa shape index (κ2) is 73.1. The van der Waals surface area contributed by atoms with Gasteiger partial charge < -0.3 is 24.8 Å². The van der Waals surface area contributed by atoms with Gasteiger partial charge in [-0.2, -0.15) is 23.5 Å². The zero-order valence-electron chi connectivity index (χ0n) is 87.6. The van der Waals surface area contributed by atoms with Crippen LogP contribution < -0.4 is 10.6 Å². The Bertz CT molecular complexity index is 1390. The van der Waals surface area contributed by atoms with Crippen molar-refractivity contribution in [2.24, 2.45) is 127 Å². The van der Waals surface area contributed by atoms with Crippen molar-refractivity contribution < 1.29 is 14.2 Å². The van der Waals surface area contributed by atoms with E-state index in [9.17, 15) is 0 Å². The second-order valence-electron chi connectivity index (χ2n) is 37.9. The van der Waals surface area contributed by atoms with Gasteiger partial charge in [-0.25, -0.2) is 0 Å². The van der Waals surface area contributed by atoms with Crippen LogP contribution in [0.1, 0.15) is 467 Å². The molecule has 7 saturated heterocycles. The predicted molar refractivity (Wildman–Crippen MR) is 528 cm³/mol. The normalized spacial score (nSPS) is 20.6. The van der Waals surface area contributed by atoms with Gasteiger partial charge in [0.25, 0.3) is 0 Å². The van der Waals surface area contributed by atoms with Gasteiger partial charge in [-0.15, -0.1) is 0 Å². The Hall–Kier alpha value is 0.500. The first kappa shape index (κ1) is 128. The van der Waals surface area contributed by atoms with E-state index in [1.54, 1.807) is 0 Å². The quantitative estimate of drug-likeness (QED) is 0.160. The Kier molecular flexibility index (Phi) is 83.6. The number of rotatable bonds is 16. The van der Waals surface area contributed by atoms with E-state index in [0.717, 1.165) is 116 Å². The molecule has 112 heavy (non-hydrogen) atoms. The average Bonchev–Trinajstić information content (AvgIpc) is 0.890. The highest BCUT2D eigenvalue weighted by Gasteiger charge is 2.44. The maximum Gasteiger partial charge on any atom is 0.0728 e. The SMILES string of the molecule is CC.CC.CC.CC.CC.CC.CC.CC.CC(C)C1(C(C)C)CCCCC1.CC(C)C1(C(C)C)CCCCN1.CC(C)C1(C(C)C)CCCCO1.CC(C)C1(C(C)C)CCCNC1.CC(C)C1(C(C)C)CCCOC1.CC(C)C1(C(C)C)CCCSC1.CC(C)C1(C(C)C)CCOCC1.CC(C)C1(C(C)C)CCSCC1. The zero-order valence-corrected chi connectivity index (χ0v) is 89.2. The van der Waals surface area contributed by atoms with Gasteiger partial charge >= 0.3 is 0 Å². The predicted octanol–water partition coefficient (Wildman–Crippen LogP) is 35.0. The zero-order chi connectivity index (χ0) is 89.5. The molecule has 0 aromatic heterocycles. The molecule has 1 saturated carbocycles. The molecule has 1 aliphatic carbocycles. The first-order valence-corrected chi connectivity index (χ1v) is 52.5. The van der Waals surface area contributed by atoms with Gasteiger partial charge in [-0.3, -0.25) is 0 Å². The lowest BCUT2D eigenvalue weighted by Gasteiger charge is -2.45. The number of piperidine rings is 2. The van der Waals surface area contributed by atoms with Crippen molar-refractivity contribution in [3.05, 3.63) is 0 Å². The molecule has 0 unspecified atom stereocenters. The molecule has 0 radical (unpaired) electrons. The smallest absolute Gasteiger partial charge is 0.0728 e. The van der Waals surface area contributed by atoms with Crippen LogP contribution in [0.4, 0.5) is 0 Å². The fourth-order valence-corrected chi connectivity index (χ4v) is 23.6. The fraction of sp³-hybridized carbons (Fsp3) is 1.00. The van der Waals surface area contributed by atoms with Crippen molar-refractivity contribution in [3.63, 3.8) is 0 Å². The summed E-state index contributed by atoms with van der Waals surface area (Å²) < 4.78 is 17.0. The standard InChI is InChI=1S/C12H24.2C11H23N.3C11H22O.2C11H22S.8C2H6/c1-10(2)12(11(3)4)8-6-5-7-9-12;1-9(2)11(10(3)4)6-5-7-12-8-11;1-9(2)11(10(3)4)7-5-6-8-12-11;1-9(2)11(10(3)4)5-7-12-8-6-11;1-9(2)11(10(3)4)6-5-7-12-8-11;1-9(2)11(10(3)4)7-5-6-8-12-11;1-9(2)11(10(3)4)5-7-12-8-6-11;1-9(2)11(10(3)4)6-5-7-12-8-11;8*1-2/h10-11H,5-9H2,1-4H3;2*9-10,12H,5-8H2,1-4H3;5*9-10H,5-8H2,1-4H3;8*1-2H3. The average molecular weight is 1630 g/mol. The van der Waals surface area contributed by atoms with E-state index < -0.39 is 0 Å². The number of ether oxygens (including phenoxy) is 3. The minimum atomic E-state index is 0.179. The highest BCUT2D eigenvalue weighted by atomic mass is 32.2. The van der Waals surface area contributed by atoms with Gasteiger partial charge in [0.1, 0.15) is 0 Å². The number of hydrogen-bond acceptors (Lipinski definition) is 7. The Morgan fingerprint density at radius 1 is 0.232 bits per heavy atom. The van der Waals surface area contributed by atoms with Crippen LogP contribution in [0.3, 0.4) is 0 Å². The maximum atomic E-state index is 5.99. The van der Waals surface area contributed by atoms with Gasteiger partial charge in [0.05, 0.1) is 12.2 Å². The lowest BCUT2D eigenvalue weighted by molar-refractivity contribution is -0.137. The molecule has 8 rings (SSSR count). The van der Waals surface area contributed by atoms with E-state index in [0.29, 0.717) is 49.9 Å². The summed E-state index contributed by atoms with van der Waals surface area (Å²) in [6.45, 7) is 116. The molecule has 688 valence electrons. The summed E-state index contributed by atoms with van der Waals surface area (Å²) in [5, 5.41) is 7.27. The van der Waals surface area contributed by atoms with Crippen LogP contribution in [0.15, 0.2) is 0 Å². The molecule has 7 heteroatoms. The number of nitrogens with one attached hydrogen (secondary N) is 2. The minimum absolute atomic E-state index is 0.179. The van der Waals surface area contributed by atoms with E-state index in [1.807, 2.05) is 111 Å². The van der Waals surface area contributed by atoms with Crippen LogP contribution in [0.25, 0.3) is 0 Å². The van der Waals surface area contributed by atoms with Gasteiger partial charge in [0.2, 0.25) is 0 Å². The molecular weight excluding hydrogens is 1400 g/mol. The highest BCUT2D eigenvalue weighted by Crippen LogP contribution is 2.51. The van der Waals surface area contributed by atoms with Crippen molar-refractivity contribution in [1.29, 1.82) is 0 Å². The molecular formula is C105H228N2O3S2. The molecule has 7 heterocycles. The van der Waals surface area contributed by atoms with Crippen molar-refractivity contribution >= 4 is 23.5 Å². The third-order valence-electron chi connectivity index (χ3n) is 29.3. The molecule has 0 aromatic carbocycles. The summed E-state index contributed by atoms with van der Waals surface area (Å²) in [5.41, 5.74) is 4.16. The van der Waals surface area contributed by atoms with Crippen LogP contribution in [0, 0.1) is 127 Å².